The number of benzene rings is 1. The smallest absolute Gasteiger partial charge is 0.254 e. The van der Waals surface area contributed by atoms with Gasteiger partial charge in [0.2, 0.25) is 5.91 Å². The zero-order valence-electron chi connectivity index (χ0n) is 13.3. The van der Waals surface area contributed by atoms with Gasteiger partial charge in [0.05, 0.1) is 10.9 Å². The number of H-pyrrole nitrogens is 1. The summed E-state index contributed by atoms with van der Waals surface area (Å²) in [5.74, 6) is -0.118. The summed E-state index contributed by atoms with van der Waals surface area (Å²) < 4.78 is 0. The van der Waals surface area contributed by atoms with Crippen molar-refractivity contribution < 1.29 is 4.79 Å². The number of aromatic amines is 1. The molecule has 0 radical (unpaired) electrons. The zero-order chi connectivity index (χ0) is 17.1. The van der Waals surface area contributed by atoms with E-state index >= 15 is 0 Å². The Labute approximate surface area is 149 Å². The molecule has 0 fully saturated rings. The maximum atomic E-state index is 12.5. The van der Waals surface area contributed by atoms with Crippen LogP contribution in [0.3, 0.4) is 0 Å². The van der Waals surface area contributed by atoms with Gasteiger partial charge in [-0.05, 0) is 49.9 Å². The van der Waals surface area contributed by atoms with Crippen molar-refractivity contribution in [3.8, 4) is 0 Å². The highest BCUT2D eigenvalue weighted by Crippen LogP contribution is 2.25. The number of thioether (sulfide) groups is 1. The molecule has 1 aromatic heterocycles. The average Bonchev–Trinajstić information content (AvgIpc) is 3.03. The lowest BCUT2D eigenvalue weighted by atomic mass is 10.3. The van der Waals surface area contributed by atoms with Gasteiger partial charge in [0, 0.05) is 16.3 Å². The minimum absolute atomic E-state index is 0.0760. The van der Waals surface area contributed by atoms with Crippen LogP contribution in [0.15, 0.2) is 34.2 Å². The topological polar surface area (TPSA) is 74.8 Å². The van der Waals surface area contributed by atoms with Gasteiger partial charge < -0.3 is 10.3 Å². The summed E-state index contributed by atoms with van der Waals surface area (Å²) in [5, 5.41) is 3.67. The van der Waals surface area contributed by atoms with Crippen LogP contribution in [0.5, 0.6) is 0 Å². The molecule has 2 aromatic rings. The predicted molar refractivity (Wildman–Crippen MR) is 96.9 cm³/mol. The first kappa shape index (κ1) is 17.0. The van der Waals surface area contributed by atoms with Crippen LogP contribution in [0, 0.1) is 0 Å². The molecule has 0 saturated heterocycles. The number of fused-ring (bicyclic) bond motifs is 1. The lowest BCUT2D eigenvalue weighted by Gasteiger charge is -2.14. The van der Waals surface area contributed by atoms with Crippen LogP contribution in [0.2, 0.25) is 5.02 Å². The second kappa shape index (κ2) is 7.40. The van der Waals surface area contributed by atoms with Crippen molar-refractivity contribution in [2.45, 2.75) is 43.0 Å². The Morgan fingerprint density at radius 3 is 2.83 bits per heavy atom. The highest BCUT2D eigenvalue weighted by molar-refractivity contribution is 8.00. The van der Waals surface area contributed by atoms with Crippen molar-refractivity contribution in [1.29, 1.82) is 0 Å². The Morgan fingerprint density at radius 2 is 2.12 bits per heavy atom. The number of aryl methyl sites for hydroxylation is 1. The molecule has 2 N–H and O–H groups in total. The maximum absolute atomic E-state index is 12.5. The Hall–Kier alpha value is -1.79. The summed E-state index contributed by atoms with van der Waals surface area (Å²) in [7, 11) is 0. The van der Waals surface area contributed by atoms with Crippen molar-refractivity contribution in [3.05, 3.63) is 50.9 Å². The molecule has 1 aliphatic carbocycles. The quantitative estimate of drug-likeness (QED) is 0.630. The standard InChI is InChI=1S/C17H18ClN3O2S/c1-2-14(16(23)19-11-8-6-10(18)7-9-11)24-17-20-13-5-3-4-12(13)15(22)21-17/h6-9,14H,2-5H2,1H3,(H,19,23)(H,20,21,22). The fourth-order valence-electron chi connectivity index (χ4n) is 2.69. The summed E-state index contributed by atoms with van der Waals surface area (Å²) in [6, 6.07) is 6.97. The Balaban J connectivity index is 1.72. The number of nitrogens with one attached hydrogen (secondary N) is 2. The van der Waals surface area contributed by atoms with E-state index in [2.05, 4.69) is 15.3 Å². The minimum Gasteiger partial charge on any atom is -0.325 e. The summed E-state index contributed by atoms with van der Waals surface area (Å²) in [5.41, 5.74) is 2.28. The molecule has 5 nitrogen and oxygen atoms in total. The third-order valence-corrected chi connectivity index (χ3v) is 5.45. The van der Waals surface area contributed by atoms with Gasteiger partial charge >= 0.3 is 0 Å². The summed E-state index contributed by atoms with van der Waals surface area (Å²) >= 11 is 7.14. The van der Waals surface area contributed by atoms with Crippen LogP contribution in [-0.2, 0) is 17.6 Å². The number of carbonyl (C=O) groups excluding carboxylic acids is 1. The minimum atomic E-state index is -0.330. The molecule has 1 unspecified atom stereocenters. The fourth-order valence-corrected chi connectivity index (χ4v) is 3.73. The normalized spacial score (nSPS) is 14.2. The third-order valence-electron chi connectivity index (χ3n) is 3.95. The van der Waals surface area contributed by atoms with E-state index in [4.69, 9.17) is 11.6 Å². The molecular weight excluding hydrogens is 346 g/mol. The average molecular weight is 364 g/mol. The van der Waals surface area contributed by atoms with Crippen LogP contribution in [0.25, 0.3) is 0 Å². The molecule has 24 heavy (non-hydrogen) atoms. The van der Waals surface area contributed by atoms with Gasteiger partial charge in [0.15, 0.2) is 5.16 Å². The maximum Gasteiger partial charge on any atom is 0.254 e. The number of aromatic nitrogens is 2. The van der Waals surface area contributed by atoms with Gasteiger partial charge in [-0.3, -0.25) is 9.59 Å². The highest BCUT2D eigenvalue weighted by atomic mass is 35.5. The largest absolute Gasteiger partial charge is 0.325 e. The number of amides is 1. The van der Waals surface area contributed by atoms with Gasteiger partial charge in [-0.2, -0.15) is 0 Å². The predicted octanol–water partition coefficient (Wildman–Crippen LogP) is 3.42. The second-order valence-corrected chi connectivity index (χ2v) is 7.29. The number of anilines is 1. The van der Waals surface area contributed by atoms with Gasteiger partial charge in [0.25, 0.3) is 5.56 Å². The molecule has 126 valence electrons. The summed E-state index contributed by atoms with van der Waals surface area (Å²) in [6.45, 7) is 1.94. The monoisotopic (exact) mass is 363 g/mol. The third kappa shape index (κ3) is 3.82. The van der Waals surface area contributed by atoms with Gasteiger partial charge in [-0.25, -0.2) is 4.98 Å². The van der Waals surface area contributed by atoms with Crippen molar-refractivity contribution >= 4 is 35.0 Å². The number of nitrogens with zero attached hydrogens (tertiary/aromatic N) is 1. The van der Waals surface area contributed by atoms with Gasteiger partial charge in [-0.15, -0.1) is 0 Å². The van der Waals surface area contributed by atoms with E-state index in [1.54, 1.807) is 24.3 Å². The molecule has 1 aromatic carbocycles. The number of carbonyl (C=O) groups is 1. The molecule has 0 saturated carbocycles. The van der Waals surface area contributed by atoms with Gasteiger partial charge in [0.1, 0.15) is 0 Å². The van der Waals surface area contributed by atoms with Gasteiger partial charge in [-0.1, -0.05) is 30.3 Å². The van der Waals surface area contributed by atoms with E-state index in [1.165, 1.54) is 11.8 Å². The van der Waals surface area contributed by atoms with Crippen LogP contribution in [0.4, 0.5) is 5.69 Å². The zero-order valence-corrected chi connectivity index (χ0v) is 14.8. The SMILES string of the molecule is CCC(Sc1nc2c(c(=O)[nH]1)CCC2)C(=O)Nc1ccc(Cl)cc1. The van der Waals surface area contributed by atoms with E-state index in [1.807, 2.05) is 6.92 Å². The number of halogens is 1. The van der Waals surface area contributed by atoms with Crippen LogP contribution < -0.4 is 10.9 Å². The van der Waals surface area contributed by atoms with E-state index in [-0.39, 0.29) is 16.7 Å². The molecule has 1 aliphatic rings. The van der Waals surface area contributed by atoms with Crippen molar-refractivity contribution in [3.63, 3.8) is 0 Å². The molecule has 0 bridgehead atoms. The van der Waals surface area contributed by atoms with Crippen molar-refractivity contribution in [2.75, 3.05) is 5.32 Å². The molecule has 7 heteroatoms. The Morgan fingerprint density at radius 1 is 1.38 bits per heavy atom. The number of rotatable bonds is 5. The molecule has 1 amide bonds. The van der Waals surface area contributed by atoms with E-state index in [0.717, 1.165) is 30.5 Å². The molecule has 1 atom stereocenters. The molecule has 1 heterocycles. The summed E-state index contributed by atoms with van der Waals surface area (Å²) in [6.07, 6.45) is 3.22. The second-order valence-electron chi connectivity index (χ2n) is 5.66. The van der Waals surface area contributed by atoms with E-state index in [0.29, 0.717) is 22.3 Å². The fraction of sp³-hybridized carbons (Fsp3) is 0.353. The molecule has 0 aliphatic heterocycles. The number of hydrogen-bond donors (Lipinski definition) is 2. The lowest BCUT2D eigenvalue weighted by Crippen LogP contribution is -2.25. The Bertz CT molecular complexity index is 804. The molecule has 3 rings (SSSR count). The highest BCUT2D eigenvalue weighted by Gasteiger charge is 2.22. The van der Waals surface area contributed by atoms with Crippen molar-refractivity contribution in [2.24, 2.45) is 0 Å². The first-order valence-corrected chi connectivity index (χ1v) is 9.17. The van der Waals surface area contributed by atoms with E-state index < -0.39 is 0 Å². The molecular formula is C17H18ClN3O2S. The van der Waals surface area contributed by atoms with Crippen LogP contribution in [0.1, 0.15) is 31.0 Å². The number of hydrogen-bond acceptors (Lipinski definition) is 4. The van der Waals surface area contributed by atoms with Crippen LogP contribution in [-0.4, -0.2) is 21.1 Å². The van der Waals surface area contributed by atoms with Crippen LogP contribution >= 0.6 is 23.4 Å². The Kier molecular flexibility index (Phi) is 5.26. The first-order chi connectivity index (χ1) is 11.6. The lowest BCUT2D eigenvalue weighted by molar-refractivity contribution is -0.115. The van der Waals surface area contributed by atoms with Crippen molar-refractivity contribution in [1.82, 2.24) is 9.97 Å². The molecule has 0 spiro atoms. The van der Waals surface area contributed by atoms with E-state index in [9.17, 15) is 9.59 Å². The first-order valence-electron chi connectivity index (χ1n) is 7.92. The summed E-state index contributed by atoms with van der Waals surface area (Å²) in [4.78, 5) is 31.8.